The van der Waals surface area contributed by atoms with Gasteiger partial charge >= 0.3 is 0 Å². The highest BCUT2D eigenvalue weighted by Gasteiger charge is 2.31. The first-order chi connectivity index (χ1) is 17.1. The molecule has 2 aliphatic heterocycles. The lowest BCUT2D eigenvalue weighted by molar-refractivity contribution is 0.0991. The maximum Gasteiger partial charge on any atom is 0.275 e. The molecule has 0 radical (unpaired) electrons. The summed E-state index contributed by atoms with van der Waals surface area (Å²) in [5, 5.41) is 11.5. The Morgan fingerprint density at radius 1 is 1.26 bits per heavy atom. The predicted molar refractivity (Wildman–Crippen MR) is 136 cm³/mol. The number of benzene rings is 1. The van der Waals surface area contributed by atoms with E-state index in [1.54, 1.807) is 34.8 Å². The van der Waals surface area contributed by atoms with E-state index in [1.807, 2.05) is 19.2 Å². The fourth-order valence-electron chi connectivity index (χ4n) is 4.16. The van der Waals surface area contributed by atoms with Gasteiger partial charge in [0.15, 0.2) is 5.13 Å². The van der Waals surface area contributed by atoms with E-state index in [0.717, 1.165) is 49.7 Å². The predicted octanol–water partition coefficient (Wildman–Crippen LogP) is 1.96. The van der Waals surface area contributed by atoms with Crippen LogP contribution in [0, 0.1) is 0 Å². The first-order valence-electron chi connectivity index (χ1n) is 11.5. The first kappa shape index (κ1) is 23.2. The maximum atomic E-state index is 13.0. The molecular weight excluding hydrogens is 466 g/mol. The minimum Gasteiger partial charge on any atom is -0.492 e. The summed E-state index contributed by atoms with van der Waals surface area (Å²) >= 11 is 1.27. The molecule has 0 aliphatic carbocycles. The average Bonchev–Trinajstić information content (AvgIpc) is 3.50. The number of carbonyl (C=O) groups is 2. The molecule has 3 N–H and O–H groups in total. The summed E-state index contributed by atoms with van der Waals surface area (Å²) in [6.45, 7) is 5.16. The standard InChI is InChI=1S/C24H27N7O3S/c1-25-8-11-34-17-2-3-18-16(12-17)14-31(23(18)33)24-29-20(15-35-24)22(32)28-19-13-27-5-4-21(19)30-9-6-26-7-10-30/h2-5,12-13,15,25-26H,6-11,14H2,1H3,(H,28,32). The summed E-state index contributed by atoms with van der Waals surface area (Å²) < 4.78 is 5.72. The smallest absolute Gasteiger partial charge is 0.275 e. The second-order valence-corrected chi connectivity index (χ2v) is 9.10. The van der Waals surface area contributed by atoms with Gasteiger partial charge in [-0.1, -0.05) is 0 Å². The molecule has 1 aromatic carbocycles. The lowest BCUT2D eigenvalue weighted by Gasteiger charge is -2.30. The number of rotatable bonds is 8. The quantitative estimate of drug-likeness (QED) is 0.409. The van der Waals surface area contributed by atoms with Gasteiger partial charge in [0.05, 0.1) is 24.1 Å². The van der Waals surface area contributed by atoms with Gasteiger partial charge < -0.3 is 25.6 Å². The van der Waals surface area contributed by atoms with Crippen LogP contribution in [0.25, 0.3) is 0 Å². The number of thiazole rings is 1. The SMILES string of the molecule is CNCCOc1ccc2c(c1)CN(c1nc(C(=O)Nc3cnccc3N3CCNCC3)cs1)C2=O. The summed E-state index contributed by atoms with van der Waals surface area (Å²) in [6.07, 6.45) is 3.38. The summed E-state index contributed by atoms with van der Waals surface area (Å²) in [6, 6.07) is 7.39. The van der Waals surface area contributed by atoms with Crippen molar-refractivity contribution in [3.05, 3.63) is 58.9 Å². The molecule has 35 heavy (non-hydrogen) atoms. The number of likely N-dealkylation sites (N-methyl/N-ethyl adjacent to an activating group) is 1. The number of hydrogen-bond donors (Lipinski definition) is 3. The molecule has 0 spiro atoms. The Balaban J connectivity index is 1.28. The number of nitrogens with one attached hydrogen (secondary N) is 3. The number of piperazine rings is 1. The molecule has 2 aromatic heterocycles. The van der Waals surface area contributed by atoms with Gasteiger partial charge in [0.25, 0.3) is 11.8 Å². The molecular formula is C24H27N7O3S. The molecule has 0 unspecified atom stereocenters. The van der Waals surface area contributed by atoms with Gasteiger partial charge in [-0.15, -0.1) is 11.3 Å². The van der Waals surface area contributed by atoms with Crippen molar-refractivity contribution in [1.82, 2.24) is 20.6 Å². The molecule has 4 heterocycles. The van der Waals surface area contributed by atoms with E-state index in [2.05, 4.69) is 30.8 Å². The number of hydrogen-bond acceptors (Lipinski definition) is 9. The third-order valence-electron chi connectivity index (χ3n) is 5.96. The molecule has 11 heteroatoms. The summed E-state index contributed by atoms with van der Waals surface area (Å²) in [5.74, 6) is 0.266. The Hall–Kier alpha value is -3.54. The third kappa shape index (κ3) is 4.97. The van der Waals surface area contributed by atoms with Crippen LogP contribution in [0.5, 0.6) is 5.75 Å². The van der Waals surface area contributed by atoms with Crippen LogP contribution >= 0.6 is 11.3 Å². The number of fused-ring (bicyclic) bond motifs is 1. The molecule has 0 atom stereocenters. The van der Waals surface area contributed by atoms with Gasteiger partial charge in [0, 0.05) is 49.9 Å². The Labute approximate surface area is 207 Å². The van der Waals surface area contributed by atoms with Gasteiger partial charge in [-0.3, -0.25) is 19.5 Å². The van der Waals surface area contributed by atoms with Crippen molar-refractivity contribution >= 4 is 39.7 Å². The lowest BCUT2D eigenvalue weighted by Crippen LogP contribution is -2.43. The van der Waals surface area contributed by atoms with Crippen LogP contribution in [0.15, 0.2) is 42.0 Å². The minimum atomic E-state index is -0.332. The van der Waals surface area contributed by atoms with E-state index in [0.29, 0.717) is 29.5 Å². The second kappa shape index (κ2) is 10.4. The van der Waals surface area contributed by atoms with Crippen LogP contribution in [0.2, 0.25) is 0 Å². The fraction of sp³-hybridized carbons (Fsp3) is 0.333. The second-order valence-electron chi connectivity index (χ2n) is 8.26. The Kier molecular flexibility index (Phi) is 6.89. The summed E-state index contributed by atoms with van der Waals surface area (Å²) in [4.78, 5) is 38.4. The average molecular weight is 494 g/mol. The zero-order chi connectivity index (χ0) is 24.2. The minimum absolute atomic E-state index is 0.128. The molecule has 1 fully saturated rings. The van der Waals surface area contributed by atoms with Gasteiger partial charge in [-0.2, -0.15) is 0 Å². The molecule has 182 valence electrons. The lowest BCUT2D eigenvalue weighted by atomic mass is 10.1. The number of pyridine rings is 1. The topological polar surface area (TPSA) is 112 Å². The molecule has 5 rings (SSSR count). The van der Waals surface area contributed by atoms with Crippen LogP contribution in [0.1, 0.15) is 26.4 Å². The van der Waals surface area contributed by atoms with Gasteiger partial charge in [0.2, 0.25) is 0 Å². The van der Waals surface area contributed by atoms with Crippen molar-refractivity contribution in [2.45, 2.75) is 6.54 Å². The zero-order valence-electron chi connectivity index (χ0n) is 19.4. The normalized spacial score (nSPS) is 15.3. The van der Waals surface area contributed by atoms with Gasteiger partial charge in [0.1, 0.15) is 18.1 Å². The Morgan fingerprint density at radius 3 is 2.94 bits per heavy atom. The first-order valence-corrected chi connectivity index (χ1v) is 12.4. The van der Waals surface area contributed by atoms with Crippen LogP contribution in [0.4, 0.5) is 16.5 Å². The Bertz CT molecular complexity index is 1230. The van der Waals surface area contributed by atoms with Crippen molar-refractivity contribution in [2.75, 3.05) is 61.5 Å². The largest absolute Gasteiger partial charge is 0.492 e. The van der Waals surface area contributed by atoms with Gasteiger partial charge in [-0.05, 0) is 36.9 Å². The van der Waals surface area contributed by atoms with Crippen molar-refractivity contribution in [1.29, 1.82) is 0 Å². The van der Waals surface area contributed by atoms with E-state index in [1.165, 1.54) is 11.3 Å². The highest BCUT2D eigenvalue weighted by Crippen LogP contribution is 2.33. The van der Waals surface area contributed by atoms with Crippen molar-refractivity contribution in [3.63, 3.8) is 0 Å². The van der Waals surface area contributed by atoms with E-state index < -0.39 is 0 Å². The van der Waals surface area contributed by atoms with E-state index in [9.17, 15) is 9.59 Å². The van der Waals surface area contributed by atoms with Crippen molar-refractivity contribution in [2.24, 2.45) is 0 Å². The van der Waals surface area contributed by atoms with E-state index in [-0.39, 0.29) is 17.5 Å². The highest BCUT2D eigenvalue weighted by atomic mass is 32.1. The summed E-state index contributed by atoms with van der Waals surface area (Å²) in [5.41, 5.74) is 3.35. The molecule has 2 aliphatic rings. The molecule has 2 amide bonds. The molecule has 10 nitrogen and oxygen atoms in total. The van der Waals surface area contributed by atoms with Crippen LogP contribution < -0.4 is 30.5 Å². The molecule has 0 bridgehead atoms. The third-order valence-corrected chi connectivity index (χ3v) is 6.82. The monoisotopic (exact) mass is 493 g/mol. The Morgan fingerprint density at radius 2 is 2.11 bits per heavy atom. The summed E-state index contributed by atoms with van der Waals surface area (Å²) in [7, 11) is 1.87. The molecule has 1 saturated heterocycles. The van der Waals surface area contributed by atoms with Crippen LogP contribution in [-0.2, 0) is 6.54 Å². The maximum absolute atomic E-state index is 13.0. The van der Waals surface area contributed by atoms with Crippen LogP contribution in [0.3, 0.4) is 0 Å². The number of aromatic nitrogens is 2. The number of amides is 2. The number of nitrogens with zero attached hydrogens (tertiary/aromatic N) is 4. The zero-order valence-corrected chi connectivity index (χ0v) is 20.2. The van der Waals surface area contributed by atoms with Crippen molar-refractivity contribution in [3.8, 4) is 5.75 Å². The van der Waals surface area contributed by atoms with E-state index in [4.69, 9.17) is 4.74 Å². The molecule has 0 saturated carbocycles. The van der Waals surface area contributed by atoms with Crippen LogP contribution in [-0.4, -0.2) is 68.2 Å². The fourth-order valence-corrected chi connectivity index (χ4v) is 4.96. The number of anilines is 3. The van der Waals surface area contributed by atoms with Crippen molar-refractivity contribution < 1.29 is 14.3 Å². The highest BCUT2D eigenvalue weighted by molar-refractivity contribution is 7.14. The number of ether oxygens (including phenoxy) is 1. The van der Waals surface area contributed by atoms with E-state index >= 15 is 0 Å². The molecule has 3 aromatic rings. The van der Waals surface area contributed by atoms with Gasteiger partial charge in [-0.25, -0.2) is 4.98 Å². The number of carbonyl (C=O) groups excluding carboxylic acids is 2.